The molecule has 5 rings (SSSR count). The third kappa shape index (κ3) is 6.52. The lowest BCUT2D eigenvalue weighted by molar-refractivity contribution is 0.0818. The Hall–Kier alpha value is -2.90. The van der Waals surface area contributed by atoms with Crippen LogP contribution >= 0.6 is 11.6 Å². The van der Waals surface area contributed by atoms with Crippen molar-refractivity contribution in [2.45, 2.75) is 59.3 Å². The van der Waals surface area contributed by atoms with Gasteiger partial charge in [-0.3, -0.25) is 19.6 Å². The zero-order valence-electron chi connectivity index (χ0n) is 24.1. The molecule has 40 heavy (non-hydrogen) atoms. The van der Waals surface area contributed by atoms with Gasteiger partial charge in [0, 0.05) is 68.3 Å². The van der Waals surface area contributed by atoms with E-state index in [1.807, 2.05) is 54.8 Å². The number of hydrogen-bond donors (Lipinski definition) is 1. The maximum Gasteiger partial charge on any atom is 0.321 e. The molecule has 7 nitrogen and oxygen atoms in total. The molecule has 0 spiro atoms. The summed E-state index contributed by atoms with van der Waals surface area (Å²) in [6.07, 6.45) is 10.9. The lowest BCUT2D eigenvalue weighted by Crippen LogP contribution is -2.43. The molecule has 1 aliphatic carbocycles. The molecule has 3 aliphatic rings. The molecule has 1 aromatic carbocycles. The van der Waals surface area contributed by atoms with E-state index in [4.69, 9.17) is 11.6 Å². The number of nitrogens with zero attached hydrogens (tertiary/aromatic N) is 4. The van der Waals surface area contributed by atoms with Gasteiger partial charge >= 0.3 is 6.03 Å². The number of nitrogens with one attached hydrogen (secondary N) is 1. The molecule has 1 unspecified atom stereocenters. The minimum absolute atomic E-state index is 0.0402. The number of hydrogen-bond acceptors (Lipinski definition) is 4. The molecule has 1 saturated heterocycles. The number of fused-ring (bicyclic) bond motifs is 1. The van der Waals surface area contributed by atoms with Crippen molar-refractivity contribution < 1.29 is 9.59 Å². The van der Waals surface area contributed by atoms with E-state index in [-0.39, 0.29) is 11.9 Å². The molecule has 3 heterocycles. The smallest absolute Gasteiger partial charge is 0.321 e. The number of amides is 3. The van der Waals surface area contributed by atoms with Gasteiger partial charge in [0.15, 0.2) is 0 Å². The summed E-state index contributed by atoms with van der Waals surface area (Å²) in [5.41, 5.74) is 5.63. The maximum absolute atomic E-state index is 13.3. The van der Waals surface area contributed by atoms with E-state index in [1.54, 1.807) is 6.20 Å². The highest BCUT2D eigenvalue weighted by Gasteiger charge is 2.36. The van der Waals surface area contributed by atoms with Crippen LogP contribution in [0, 0.1) is 32.6 Å². The van der Waals surface area contributed by atoms with Gasteiger partial charge in [0.1, 0.15) is 0 Å². The Morgan fingerprint density at radius 1 is 1.07 bits per heavy atom. The molecule has 8 heteroatoms. The standard InChI is InChI=1S/C32H42ClN5O2/c1-22-10-11-28(16-29(22)33)38(32(40)35-17-25-8-5-4-6-9-25)15-7-14-36-18-26-20-37(21-27(26)19-36)31(39)30-23(2)12-13-34-24(30)3/h10-13,16,20,25,27H,4-9,14-15,17-19,21H2,1-3H3,(H,35,40). The van der Waals surface area contributed by atoms with Crippen LogP contribution in [0.15, 0.2) is 42.2 Å². The molecule has 3 amide bonds. The van der Waals surface area contributed by atoms with Crippen LogP contribution in [0.5, 0.6) is 0 Å². The number of pyridine rings is 1. The van der Waals surface area contributed by atoms with Crippen LogP contribution in [0.4, 0.5) is 10.5 Å². The van der Waals surface area contributed by atoms with Crippen molar-refractivity contribution in [1.29, 1.82) is 0 Å². The predicted molar refractivity (Wildman–Crippen MR) is 161 cm³/mol. The van der Waals surface area contributed by atoms with Crippen LogP contribution in [0.1, 0.15) is 65.7 Å². The highest BCUT2D eigenvalue weighted by Crippen LogP contribution is 2.31. The number of likely N-dealkylation sites (tertiary alicyclic amines) is 1. The number of rotatable bonds is 8. The Balaban J connectivity index is 1.17. The molecule has 2 aromatic rings. The van der Waals surface area contributed by atoms with E-state index in [1.165, 1.54) is 37.7 Å². The Bertz CT molecular complexity index is 1250. The second kappa shape index (κ2) is 12.7. The van der Waals surface area contributed by atoms with Gasteiger partial charge in [-0.25, -0.2) is 4.79 Å². The summed E-state index contributed by atoms with van der Waals surface area (Å²) in [4.78, 5) is 37.1. The van der Waals surface area contributed by atoms with Gasteiger partial charge in [-0.15, -0.1) is 0 Å². The number of carbonyl (C=O) groups is 2. The van der Waals surface area contributed by atoms with E-state index in [0.29, 0.717) is 29.0 Å². The fraction of sp³-hybridized carbons (Fsp3) is 0.531. The van der Waals surface area contributed by atoms with Gasteiger partial charge in [-0.2, -0.15) is 0 Å². The topological polar surface area (TPSA) is 68.8 Å². The summed E-state index contributed by atoms with van der Waals surface area (Å²) in [7, 11) is 0. The van der Waals surface area contributed by atoms with Gasteiger partial charge in [0.2, 0.25) is 0 Å². The first-order valence-electron chi connectivity index (χ1n) is 14.8. The summed E-state index contributed by atoms with van der Waals surface area (Å²) in [5.74, 6) is 0.992. The summed E-state index contributed by atoms with van der Waals surface area (Å²) in [5, 5.41) is 3.89. The quantitative estimate of drug-likeness (QED) is 0.420. The minimum atomic E-state index is -0.0402. The van der Waals surface area contributed by atoms with E-state index in [0.717, 1.165) is 61.7 Å². The Kier molecular flexibility index (Phi) is 9.11. The lowest BCUT2D eigenvalue weighted by Gasteiger charge is -2.27. The van der Waals surface area contributed by atoms with Crippen LogP contribution in [0.2, 0.25) is 5.02 Å². The molecule has 2 fully saturated rings. The minimum Gasteiger partial charge on any atom is -0.337 e. The van der Waals surface area contributed by atoms with E-state index >= 15 is 0 Å². The first-order valence-corrected chi connectivity index (χ1v) is 15.2. The summed E-state index contributed by atoms with van der Waals surface area (Å²) < 4.78 is 0. The molecule has 1 atom stereocenters. The number of urea groups is 1. The SMILES string of the molecule is Cc1ccc(N(CCCN2CC3=CN(C(=O)c4c(C)ccnc4C)CC3C2)C(=O)NCC2CCCCC2)cc1Cl. The lowest BCUT2D eigenvalue weighted by atomic mass is 9.89. The monoisotopic (exact) mass is 563 g/mol. The van der Waals surface area contributed by atoms with Crippen LogP contribution in [-0.2, 0) is 0 Å². The summed E-state index contributed by atoms with van der Waals surface area (Å²) in [6.45, 7) is 10.6. The second-order valence-electron chi connectivity index (χ2n) is 11.8. The average Bonchev–Trinajstić information content (AvgIpc) is 3.51. The zero-order valence-corrected chi connectivity index (χ0v) is 24.8. The van der Waals surface area contributed by atoms with Crippen molar-refractivity contribution in [3.05, 3.63) is 69.6 Å². The summed E-state index contributed by atoms with van der Waals surface area (Å²) in [6, 6.07) is 7.73. The fourth-order valence-electron chi connectivity index (χ4n) is 6.43. The summed E-state index contributed by atoms with van der Waals surface area (Å²) >= 11 is 6.44. The van der Waals surface area contributed by atoms with Crippen molar-refractivity contribution in [3.8, 4) is 0 Å². The van der Waals surface area contributed by atoms with Gasteiger partial charge in [-0.05, 0) is 80.9 Å². The number of halogens is 1. The molecule has 0 bridgehead atoms. The molecule has 0 radical (unpaired) electrons. The highest BCUT2D eigenvalue weighted by molar-refractivity contribution is 6.31. The number of aryl methyl sites for hydroxylation is 3. The van der Waals surface area contributed by atoms with Crippen LogP contribution < -0.4 is 10.2 Å². The third-order valence-electron chi connectivity index (χ3n) is 8.81. The second-order valence-corrected chi connectivity index (χ2v) is 12.2. The van der Waals surface area contributed by atoms with Crippen molar-refractivity contribution in [2.75, 3.05) is 44.2 Å². The average molecular weight is 564 g/mol. The predicted octanol–water partition coefficient (Wildman–Crippen LogP) is 6.12. The fourth-order valence-corrected chi connectivity index (χ4v) is 6.61. The molecular weight excluding hydrogens is 522 g/mol. The first-order chi connectivity index (χ1) is 19.3. The zero-order chi connectivity index (χ0) is 28.2. The Labute approximate surface area is 243 Å². The number of anilines is 1. The highest BCUT2D eigenvalue weighted by atomic mass is 35.5. The number of carbonyl (C=O) groups excluding carboxylic acids is 2. The number of aromatic nitrogens is 1. The Morgan fingerprint density at radius 2 is 1.88 bits per heavy atom. The molecule has 214 valence electrons. The largest absolute Gasteiger partial charge is 0.337 e. The van der Waals surface area contributed by atoms with Crippen molar-refractivity contribution in [2.24, 2.45) is 11.8 Å². The number of benzene rings is 1. The van der Waals surface area contributed by atoms with E-state index < -0.39 is 0 Å². The van der Waals surface area contributed by atoms with Gasteiger partial charge in [0.05, 0.1) is 11.3 Å². The molecule has 1 aromatic heterocycles. The Morgan fingerprint density at radius 3 is 2.60 bits per heavy atom. The molecule has 1 saturated carbocycles. The third-order valence-corrected chi connectivity index (χ3v) is 9.21. The normalized spacial score (nSPS) is 19.4. The van der Waals surface area contributed by atoms with Crippen molar-refractivity contribution in [1.82, 2.24) is 20.1 Å². The first kappa shape index (κ1) is 28.6. The molecule has 1 N–H and O–H groups in total. The van der Waals surface area contributed by atoms with Crippen molar-refractivity contribution in [3.63, 3.8) is 0 Å². The maximum atomic E-state index is 13.3. The van der Waals surface area contributed by atoms with E-state index in [9.17, 15) is 9.59 Å². The molecular formula is C32H42ClN5O2. The van der Waals surface area contributed by atoms with Gasteiger partial charge in [-0.1, -0.05) is 36.9 Å². The van der Waals surface area contributed by atoms with Crippen LogP contribution in [-0.4, -0.2) is 66.0 Å². The van der Waals surface area contributed by atoms with Crippen LogP contribution in [0.3, 0.4) is 0 Å². The van der Waals surface area contributed by atoms with Crippen LogP contribution in [0.25, 0.3) is 0 Å². The van der Waals surface area contributed by atoms with E-state index in [2.05, 4.69) is 21.4 Å². The van der Waals surface area contributed by atoms with Gasteiger partial charge < -0.3 is 10.2 Å². The van der Waals surface area contributed by atoms with Gasteiger partial charge in [0.25, 0.3) is 5.91 Å². The van der Waals surface area contributed by atoms with Crippen molar-refractivity contribution >= 4 is 29.2 Å². The molecule has 2 aliphatic heterocycles.